The van der Waals surface area contributed by atoms with Crippen molar-refractivity contribution in [2.75, 3.05) is 6.61 Å². The molecule has 1 N–H and O–H groups in total. The Balaban J connectivity index is 1.45. The molecule has 2 saturated heterocycles. The maximum Gasteiger partial charge on any atom is 0.494 e. The molecule has 3 heterocycles. The molecule has 0 amide bonds. The minimum absolute atomic E-state index is 0.0419. The Hall–Kier alpha value is -2.75. The third-order valence-electron chi connectivity index (χ3n) is 7.20. The van der Waals surface area contributed by atoms with Crippen molar-refractivity contribution in [3.8, 4) is 0 Å². The van der Waals surface area contributed by atoms with Gasteiger partial charge < -0.3 is 23.7 Å². The molecule has 178 valence electrons. The van der Waals surface area contributed by atoms with Crippen molar-refractivity contribution < 1.29 is 28.3 Å². The van der Waals surface area contributed by atoms with Gasteiger partial charge in [0, 0.05) is 13.0 Å². The van der Waals surface area contributed by atoms with Gasteiger partial charge in [0.1, 0.15) is 11.6 Å². The van der Waals surface area contributed by atoms with E-state index in [1.54, 1.807) is 18.2 Å². The zero-order chi connectivity index (χ0) is 24.3. The minimum atomic E-state index is -1.000. The molecular weight excluding hydrogens is 438 g/mol. The number of aromatic carboxylic acids is 1. The SMILES string of the molecule is CC1(C)OB(c2ccc(Cc3nc4ccc(C(=O)O)cc4n3C[C@@H]3CCO3)c(F)c2)OC1(C)C. The highest BCUT2D eigenvalue weighted by atomic mass is 19.1. The monoisotopic (exact) mass is 466 g/mol. The standard InChI is InChI=1S/C25H28BFN2O5/c1-24(2)25(3,4)34-26(33-24)17-7-5-15(19(27)13-17)12-22-28-20-8-6-16(23(30)31)11-21(20)29(22)14-18-9-10-32-18/h5-8,11,13,18H,9-10,12,14H2,1-4H3,(H,30,31)/t18-/m0/s1. The molecule has 5 rings (SSSR count). The number of carbonyl (C=O) groups is 1. The first-order valence-electron chi connectivity index (χ1n) is 11.5. The number of carboxylic acid groups (broad SMARTS) is 1. The average molecular weight is 466 g/mol. The third kappa shape index (κ3) is 4.02. The highest BCUT2D eigenvalue weighted by Gasteiger charge is 2.51. The maximum atomic E-state index is 15.2. The van der Waals surface area contributed by atoms with E-state index >= 15 is 4.39 Å². The summed E-state index contributed by atoms with van der Waals surface area (Å²) in [6, 6.07) is 9.86. The summed E-state index contributed by atoms with van der Waals surface area (Å²) in [4.78, 5) is 16.2. The molecule has 34 heavy (non-hydrogen) atoms. The van der Waals surface area contributed by atoms with Crippen LogP contribution in [0.5, 0.6) is 0 Å². The molecule has 2 aliphatic heterocycles. The molecule has 0 saturated carbocycles. The van der Waals surface area contributed by atoms with Crippen molar-refractivity contribution in [1.29, 1.82) is 0 Å². The Morgan fingerprint density at radius 1 is 1.18 bits per heavy atom. The first-order chi connectivity index (χ1) is 16.0. The zero-order valence-electron chi connectivity index (χ0n) is 19.8. The van der Waals surface area contributed by atoms with Gasteiger partial charge >= 0.3 is 13.1 Å². The van der Waals surface area contributed by atoms with Crippen LogP contribution in [-0.2, 0) is 27.0 Å². The van der Waals surface area contributed by atoms with E-state index in [4.69, 9.17) is 19.0 Å². The van der Waals surface area contributed by atoms with Crippen LogP contribution >= 0.6 is 0 Å². The Bertz CT molecular complexity index is 1250. The number of halogens is 1. The summed E-state index contributed by atoms with van der Waals surface area (Å²) < 4.78 is 34.9. The summed E-state index contributed by atoms with van der Waals surface area (Å²) in [6.07, 6.45) is 1.23. The van der Waals surface area contributed by atoms with E-state index in [-0.39, 0.29) is 23.9 Å². The summed E-state index contributed by atoms with van der Waals surface area (Å²) in [5.74, 6) is -0.701. The number of hydrogen-bond acceptors (Lipinski definition) is 5. The lowest BCUT2D eigenvalue weighted by atomic mass is 9.78. The minimum Gasteiger partial charge on any atom is -0.478 e. The van der Waals surface area contributed by atoms with E-state index in [1.807, 2.05) is 38.3 Å². The van der Waals surface area contributed by atoms with Crippen LogP contribution in [0.15, 0.2) is 36.4 Å². The molecule has 1 aromatic heterocycles. The van der Waals surface area contributed by atoms with Crippen LogP contribution < -0.4 is 5.46 Å². The van der Waals surface area contributed by atoms with Crippen LogP contribution in [0.1, 0.15) is 55.9 Å². The number of hydrogen-bond donors (Lipinski definition) is 1. The first-order valence-corrected chi connectivity index (χ1v) is 11.5. The fraction of sp³-hybridized carbons (Fsp3) is 0.440. The second-order valence-corrected chi connectivity index (χ2v) is 10.0. The number of fused-ring (bicyclic) bond motifs is 1. The van der Waals surface area contributed by atoms with Crippen LogP contribution in [-0.4, -0.2) is 51.7 Å². The summed E-state index contributed by atoms with van der Waals surface area (Å²) in [5.41, 5.74) is 1.68. The van der Waals surface area contributed by atoms with Gasteiger partial charge in [0.25, 0.3) is 0 Å². The number of aromatic nitrogens is 2. The van der Waals surface area contributed by atoms with E-state index in [0.717, 1.165) is 6.42 Å². The Morgan fingerprint density at radius 2 is 1.88 bits per heavy atom. The van der Waals surface area contributed by atoms with Crippen molar-refractivity contribution in [2.24, 2.45) is 0 Å². The molecule has 0 radical (unpaired) electrons. The highest BCUT2D eigenvalue weighted by Crippen LogP contribution is 2.36. The number of ether oxygens (including phenoxy) is 1. The Morgan fingerprint density at radius 3 is 2.47 bits per heavy atom. The smallest absolute Gasteiger partial charge is 0.478 e. The number of nitrogens with zero attached hydrogens (tertiary/aromatic N) is 2. The Labute approximate surface area is 198 Å². The molecule has 7 nitrogen and oxygen atoms in total. The van der Waals surface area contributed by atoms with E-state index in [9.17, 15) is 9.90 Å². The lowest BCUT2D eigenvalue weighted by Crippen LogP contribution is -2.41. The topological polar surface area (TPSA) is 82.8 Å². The van der Waals surface area contributed by atoms with E-state index in [0.29, 0.717) is 41.0 Å². The van der Waals surface area contributed by atoms with Gasteiger partial charge in [-0.05, 0) is 69.4 Å². The predicted molar refractivity (Wildman–Crippen MR) is 126 cm³/mol. The van der Waals surface area contributed by atoms with Crippen molar-refractivity contribution in [1.82, 2.24) is 9.55 Å². The molecule has 9 heteroatoms. The van der Waals surface area contributed by atoms with Crippen LogP contribution in [0.25, 0.3) is 11.0 Å². The molecule has 0 bridgehead atoms. The van der Waals surface area contributed by atoms with Gasteiger partial charge in [-0.15, -0.1) is 0 Å². The van der Waals surface area contributed by atoms with Gasteiger partial charge in [0.2, 0.25) is 0 Å². The van der Waals surface area contributed by atoms with E-state index < -0.39 is 24.3 Å². The largest absolute Gasteiger partial charge is 0.494 e. The van der Waals surface area contributed by atoms with Gasteiger partial charge in [-0.2, -0.15) is 0 Å². The van der Waals surface area contributed by atoms with Gasteiger partial charge in [-0.1, -0.05) is 12.1 Å². The molecule has 2 aliphatic rings. The van der Waals surface area contributed by atoms with Crippen molar-refractivity contribution in [2.45, 2.75) is 64.4 Å². The molecule has 2 aromatic carbocycles. The first kappa shape index (κ1) is 23.0. The number of rotatable bonds is 6. The third-order valence-corrected chi connectivity index (χ3v) is 7.20. The zero-order valence-corrected chi connectivity index (χ0v) is 19.8. The highest BCUT2D eigenvalue weighted by molar-refractivity contribution is 6.62. The predicted octanol–water partition coefficient (Wildman–Crippen LogP) is 3.55. The van der Waals surface area contributed by atoms with E-state index in [2.05, 4.69) is 0 Å². The van der Waals surface area contributed by atoms with Gasteiger partial charge in [0.15, 0.2) is 0 Å². The lowest BCUT2D eigenvalue weighted by molar-refractivity contribution is -0.0589. The van der Waals surface area contributed by atoms with Gasteiger partial charge in [-0.3, -0.25) is 0 Å². The van der Waals surface area contributed by atoms with Gasteiger partial charge in [0.05, 0.1) is 40.4 Å². The van der Waals surface area contributed by atoms with Crippen molar-refractivity contribution in [3.63, 3.8) is 0 Å². The van der Waals surface area contributed by atoms with Crippen molar-refractivity contribution in [3.05, 3.63) is 59.2 Å². The second kappa shape index (κ2) is 8.18. The second-order valence-electron chi connectivity index (χ2n) is 10.0. The fourth-order valence-electron chi connectivity index (χ4n) is 4.28. The van der Waals surface area contributed by atoms with Crippen LogP contribution in [0, 0.1) is 5.82 Å². The number of benzene rings is 2. The molecular formula is C25H28BFN2O5. The average Bonchev–Trinajstić information content (AvgIpc) is 3.18. The number of imidazole rings is 1. The van der Waals surface area contributed by atoms with Crippen LogP contribution in [0.2, 0.25) is 0 Å². The molecule has 1 atom stereocenters. The number of carboxylic acids is 1. The molecule has 0 aliphatic carbocycles. The van der Waals surface area contributed by atoms with Crippen molar-refractivity contribution >= 4 is 29.6 Å². The Kier molecular flexibility index (Phi) is 5.54. The summed E-state index contributed by atoms with van der Waals surface area (Å²) in [7, 11) is -0.636. The summed E-state index contributed by atoms with van der Waals surface area (Å²) in [5, 5.41) is 9.41. The molecule has 0 spiro atoms. The maximum absolute atomic E-state index is 15.2. The molecule has 2 fully saturated rings. The molecule has 3 aromatic rings. The van der Waals surface area contributed by atoms with E-state index in [1.165, 1.54) is 12.1 Å². The lowest BCUT2D eigenvalue weighted by Gasteiger charge is -2.32. The van der Waals surface area contributed by atoms with Crippen LogP contribution in [0.3, 0.4) is 0 Å². The fourth-order valence-corrected chi connectivity index (χ4v) is 4.28. The molecule has 0 unspecified atom stereocenters. The van der Waals surface area contributed by atoms with Crippen LogP contribution in [0.4, 0.5) is 4.39 Å². The summed E-state index contributed by atoms with van der Waals surface area (Å²) >= 11 is 0. The summed E-state index contributed by atoms with van der Waals surface area (Å²) in [6.45, 7) is 9.10. The normalized spacial score (nSPS) is 21.1. The quantitative estimate of drug-likeness (QED) is 0.560. The van der Waals surface area contributed by atoms with Gasteiger partial charge in [-0.25, -0.2) is 14.2 Å².